The van der Waals surface area contributed by atoms with E-state index < -0.39 is 28.5 Å². The zero-order valence-electron chi connectivity index (χ0n) is 24.9. The number of nitrogens with one attached hydrogen (secondary N) is 1. The molecule has 0 heterocycles. The molecule has 230 valence electrons. The Hall–Kier alpha value is -4.34. The number of carbonyl (C=O) groups is 2. The molecule has 10 heteroatoms. The predicted molar refractivity (Wildman–Crippen MR) is 173 cm³/mol. The topological polar surface area (TPSA) is 96.0 Å². The molecule has 0 saturated heterocycles. The first-order valence-corrected chi connectivity index (χ1v) is 16.1. The first-order chi connectivity index (χ1) is 21.1. The molecule has 4 aromatic carbocycles. The van der Waals surface area contributed by atoms with Crippen molar-refractivity contribution in [2.24, 2.45) is 0 Å². The molecule has 44 heavy (non-hydrogen) atoms. The molecule has 1 unspecified atom stereocenters. The molecule has 0 spiro atoms. The van der Waals surface area contributed by atoms with Gasteiger partial charge in [0, 0.05) is 25.0 Å². The molecule has 0 fully saturated rings. The highest BCUT2D eigenvalue weighted by atomic mass is 35.5. The van der Waals surface area contributed by atoms with Crippen molar-refractivity contribution >= 4 is 39.1 Å². The maximum absolute atomic E-state index is 14.4. The minimum Gasteiger partial charge on any atom is -0.494 e. The molecule has 2 amide bonds. The second-order valence-electron chi connectivity index (χ2n) is 10.2. The molecule has 8 nitrogen and oxygen atoms in total. The van der Waals surface area contributed by atoms with Crippen LogP contribution in [0.5, 0.6) is 5.75 Å². The van der Waals surface area contributed by atoms with E-state index in [1.54, 1.807) is 60.7 Å². The molecule has 0 bridgehead atoms. The summed E-state index contributed by atoms with van der Waals surface area (Å²) in [4.78, 5) is 29.1. The molecule has 4 aromatic rings. The van der Waals surface area contributed by atoms with Gasteiger partial charge < -0.3 is 15.0 Å². The lowest BCUT2D eigenvalue weighted by Crippen LogP contribution is -2.53. The number of carbonyl (C=O) groups excluding carboxylic acids is 2. The lowest BCUT2D eigenvalue weighted by atomic mass is 10.0. The summed E-state index contributed by atoms with van der Waals surface area (Å²) < 4.78 is 34.8. The SMILES string of the molecule is CCOc1ccc(S(=O)(=O)N(CC(=O)N(Cc2ccccc2Cl)C(Cc2ccccc2)C(=O)NC)c2ccc(C)cc2)cc1. The van der Waals surface area contributed by atoms with Gasteiger partial charge in [-0.05, 0) is 67.4 Å². The summed E-state index contributed by atoms with van der Waals surface area (Å²) in [6, 6.07) is 28.4. The van der Waals surface area contributed by atoms with Crippen LogP contribution < -0.4 is 14.4 Å². The van der Waals surface area contributed by atoms with E-state index in [2.05, 4.69) is 5.32 Å². The number of hydrogen-bond acceptors (Lipinski definition) is 5. The smallest absolute Gasteiger partial charge is 0.264 e. The summed E-state index contributed by atoms with van der Waals surface area (Å²) in [5.74, 6) is -0.417. The molecular weight excluding hydrogens is 598 g/mol. The number of rotatable bonds is 13. The molecule has 0 aliphatic rings. The van der Waals surface area contributed by atoms with E-state index in [0.29, 0.717) is 28.6 Å². The number of aryl methyl sites for hydroxylation is 1. The summed E-state index contributed by atoms with van der Waals surface area (Å²) in [5.41, 5.74) is 2.72. The van der Waals surface area contributed by atoms with E-state index in [4.69, 9.17) is 16.3 Å². The van der Waals surface area contributed by atoms with Crippen molar-refractivity contribution in [1.82, 2.24) is 10.2 Å². The van der Waals surface area contributed by atoms with Crippen molar-refractivity contribution in [2.75, 3.05) is 24.5 Å². The van der Waals surface area contributed by atoms with Crippen LogP contribution in [0.3, 0.4) is 0 Å². The number of halogens is 1. The minimum atomic E-state index is -4.22. The van der Waals surface area contributed by atoms with Gasteiger partial charge in [-0.25, -0.2) is 8.42 Å². The zero-order chi connectivity index (χ0) is 31.7. The quantitative estimate of drug-likeness (QED) is 0.206. The molecule has 1 atom stereocenters. The third-order valence-corrected chi connectivity index (χ3v) is 9.30. The fourth-order valence-corrected chi connectivity index (χ4v) is 6.38. The van der Waals surface area contributed by atoms with E-state index in [0.717, 1.165) is 15.4 Å². The molecule has 0 aliphatic carbocycles. The number of ether oxygens (including phenoxy) is 1. The normalized spacial score (nSPS) is 11.8. The number of sulfonamides is 1. The van der Waals surface area contributed by atoms with Gasteiger partial charge in [0.05, 0.1) is 17.2 Å². The fourth-order valence-electron chi connectivity index (χ4n) is 4.77. The Morgan fingerprint density at radius 3 is 2.14 bits per heavy atom. The van der Waals surface area contributed by atoms with Gasteiger partial charge in [0.25, 0.3) is 10.0 Å². The number of nitrogens with zero attached hydrogens (tertiary/aromatic N) is 2. The largest absolute Gasteiger partial charge is 0.494 e. The third kappa shape index (κ3) is 7.98. The van der Waals surface area contributed by atoms with Crippen molar-refractivity contribution in [3.05, 3.63) is 125 Å². The predicted octanol–water partition coefficient (Wildman–Crippen LogP) is 5.63. The number of amides is 2. The fraction of sp³-hybridized carbons (Fsp3) is 0.235. The number of likely N-dealkylation sites (N-methyl/N-ethyl adjacent to an activating group) is 1. The van der Waals surface area contributed by atoms with Gasteiger partial charge in [-0.1, -0.05) is 77.8 Å². The molecule has 0 aliphatic heterocycles. The highest BCUT2D eigenvalue weighted by molar-refractivity contribution is 7.92. The van der Waals surface area contributed by atoms with Gasteiger partial charge in [0.15, 0.2) is 0 Å². The van der Waals surface area contributed by atoms with Gasteiger partial charge in [-0.15, -0.1) is 0 Å². The average Bonchev–Trinajstić information content (AvgIpc) is 3.03. The van der Waals surface area contributed by atoms with Crippen molar-refractivity contribution < 1.29 is 22.7 Å². The van der Waals surface area contributed by atoms with Gasteiger partial charge >= 0.3 is 0 Å². The van der Waals surface area contributed by atoms with Crippen molar-refractivity contribution in [3.8, 4) is 5.75 Å². The molecular formula is C34H36ClN3O5S. The van der Waals surface area contributed by atoms with Crippen LogP contribution in [0.25, 0.3) is 0 Å². The second-order valence-corrected chi connectivity index (χ2v) is 12.5. The molecule has 0 aromatic heterocycles. The van der Waals surface area contributed by atoms with Crippen molar-refractivity contribution in [1.29, 1.82) is 0 Å². The first-order valence-electron chi connectivity index (χ1n) is 14.2. The number of anilines is 1. The van der Waals surface area contributed by atoms with E-state index in [1.807, 2.05) is 44.2 Å². The summed E-state index contributed by atoms with van der Waals surface area (Å²) >= 11 is 6.50. The van der Waals surface area contributed by atoms with Crippen LogP contribution in [0, 0.1) is 6.92 Å². The van der Waals surface area contributed by atoms with Crippen LogP contribution in [0.15, 0.2) is 108 Å². The van der Waals surface area contributed by atoms with Gasteiger partial charge in [0.2, 0.25) is 11.8 Å². The average molecular weight is 634 g/mol. The van der Waals surface area contributed by atoms with Crippen LogP contribution in [-0.2, 0) is 32.6 Å². The molecule has 4 rings (SSSR count). The Balaban J connectivity index is 1.78. The highest BCUT2D eigenvalue weighted by Crippen LogP contribution is 2.27. The summed E-state index contributed by atoms with van der Waals surface area (Å²) in [5, 5.41) is 3.10. The maximum atomic E-state index is 14.4. The lowest BCUT2D eigenvalue weighted by Gasteiger charge is -2.33. The third-order valence-electron chi connectivity index (χ3n) is 7.14. The molecule has 1 N–H and O–H groups in total. The van der Waals surface area contributed by atoms with Gasteiger partial charge in [0.1, 0.15) is 18.3 Å². The molecule has 0 saturated carbocycles. The van der Waals surface area contributed by atoms with Crippen LogP contribution in [0.1, 0.15) is 23.6 Å². The van der Waals surface area contributed by atoms with E-state index >= 15 is 0 Å². The Labute approximate surface area is 264 Å². The zero-order valence-corrected chi connectivity index (χ0v) is 26.5. The van der Waals surface area contributed by atoms with Crippen molar-refractivity contribution in [2.45, 2.75) is 37.8 Å². The van der Waals surface area contributed by atoms with Gasteiger partial charge in [-0.3, -0.25) is 13.9 Å². The Morgan fingerprint density at radius 2 is 1.52 bits per heavy atom. The summed E-state index contributed by atoms with van der Waals surface area (Å²) in [7, 11) is -2.71. The standard InChI is InChI=1S/C34H36ClN3O5S/c1-4-43-29-18-20-30(21-19-29)44(41,42)38(28-16-14-25(2)15-17-28)24-33(39)37(23-27-12-8-9-13-31(27)35)32(34(40)36-3)22-26-10-6-5-7-11-26/h5-21,32H,4,22-24H2,1-3H3,(H,36,40). The van der Waals surface area contributed by atoms with Crippen LogP contribution >= 0.6 is 11.6 Å². The highest BCUT2D eigenvalue weighted by Gasteiger charge is 2.34. The molecule has 0 radical (unpaired) electrons. The van der Waals surface area contributed by atoms with E-state index in [-0.39, 0.29) is 23.8 Å². The number of hydrogen-bond donors (Lipinski definition) is 1. The second kappa shape index (κ2) is 14.9. The van der Waals surface area contributed by atoms with Crippen LogP contribution in [0.2, 0.25) is 5.02 Å². The van der Waals surface area contributed by atoms with Crippen LogP contribution in [-0.4, -0.2) is 51.4 Å². The summed E-state index contributed by atoms with van der Waals surface area (Å²) in [6.45, 7) is 3.61. The van der Waals surface area contributed by atoms with Crippen LogP contribution in [0.4, 0.5) is 5.69 Å². The van der Waals surface area contributed by atoms with E-state index in [9.17, 15) is 18.0 Å². The number of benzene rings is 4. The Bertz CT molecular complexity index is 1660. The van der Waals surface area contributed by atoms with Crippen molar-refractivity contribution in [3.63, 3.8) is 0 Å². The lowest BCUT2D eigenvalue weighted by molar-refractivity contribution is -0.139. The minimum absolute atomic E-state index is 0.000816. The first kappa shape index (κ1) is 32.6. The van der Waals surface area contributed by atoms with Gasteiger partial charge in [-0.2, -0.15) is 0 Å². The van der Waals surface area contributed by atoms with E-state index in [1.165, 1.54) is 24.1 Å². The monoisotopic (exact) mass is 633 g/mol. The Morgan fingerprint density at radius 1 is 0.886 bits per heavy atom. The maximum Gasteiger partial charge on any atom is 0.264 e. The Kier molecular flexibility index (Phi) is 11.0. The summed E-state index contributed by atoms with van der Waals surface area (Å²) in [6.07, 6.45) is 0.215.